The van der Waals surface area contributed by atoms with Crippen molar-refractivity contribution in [3.8, 4) is 5.88 Å². The van der Waals surface area contributed by atoms with Crippen LogP contribution in [0, 0.1) is 0 Å². The Morgan fingerprint density at radius 3 is 3.05 bits per heavy atom. The number of nitrogens with zero attached hydrogens (tertiary/aromatic N) is 2. The lowest BCUT2D eigenvalue weighted by molar-refractivity contribution is 0.171. The summed E-state index contributed by atoms with van der Waals surface area (Å²) in [6, 6.07) is 4.65. The maximum Gasteiger partial charge on any atom is 0.217 e. The number of ether oxygens (including phenoxy) is 1. The lowest BCUT2D eigenvalue weighted by Crippen LogP contribution is -2.47. The topological polar surface area (TPSA) is 37.4 Å². The van der Waals surface area contributed by atoms with Gasteiger partial charge < -0.3 is 10.1 Å². The van der Waals surface area contributed by atoms with Crippen molar-refractivity contribution in [2.45, 2.75) is 45.3 Å². The van der Waals surface area contributed by atoms with E-state index in [2.05, 4.69) is 42.0 Å². The molecule has 1 unspecified atom stereocenters. The Hall–Kier alpha value is -1.13. The second-order valence-electron chi connectivity index (χ2n) is 6.03. The van der Waals surface area contributed by atoms with E-state index in [1.165, 1.54) is 6.42 Å². The van der Waals surface area contributed by atoms with Crippen LogP contribution in [0.3, 0.4) is 0 Å². The van der Waals surface area contributed by atoms with Gasteiger partial charge in [-0.25, -0.2) is 4.98 Å². The van der Waals surface area contributed by atoms with E-state index in [1.807, 2.05) is 6.07 Å². The van der Waals surface area contributed by atoms with Crippen LogP contribution in [0.15, 0.2) is 18.3 Å². The minimum absolute atomic E-state index is 0.153. The molecule has 1 atom stereocenters. The third kappa shape index (κ3) is 3.67. The molecule has 1 aromatic heterocycles. The van der Waals surface area contributed by atoms with E-state index in [0.717, 1.165) is 31.1 Å². The molecule has 0 saturated carbocycles. The molecule has 0 amide bonds. The van der Waals surface area contributed by atoms with E-state index in [4.69, 9.17) is 4.74 Å². The fraction of sp³-hybridized carbons (Fsp3) is 0.667. The molecule has 19 heavy (non-hydrogen) atoms. The van der Waals surface area contributed by atoms with Crippen LogP contribution in [-0.4, -0.2) is 41.7 Å². The maximum absolute atomic E-state index is 5.35. The summed E-state index contributed by atoms with van der Waals surface area (Å²) >= 11 is 0. The Kier molecular flexibility index (Phi) is 4.42. The van der Waals surface area contributed by atoms with Crippen molar-refractivity contribution >= 4 is 0 Å². The monoisotopic (exact) mass is 263 g/mol. The first-order valence-corrected chi connectivity index (χ1v) is 6.99. The molecule has 2 heterocycles. The van der Waals surface area contributed by atoms with Gasteiger partial charge in [0.1, 0.15) is 0 Å². The van der Waals surface area contributed by atoms with Crippen LogP contribution >= 0.6 is 0 Å². The van der Waals surface area contributed by atoms with Crippen LogP contribution in [0.5, 0.6) is 5.88 Å². The number of methoxy groups -OCH3 is 1. The molecule has 0 bridgehead atoms. The van der Waals surface area contributed by atoms with Crippen LogP contribution in [0.2, 0.25) is 0 Å². The second kappa shape index (κ2) is 5.88. The molecule has 4 nitrogen and oxygen atoms in total. The van der Waals surface area contributed by atoms with Gasteiger partial charge in [-0.3, -0.25) is 4.90 Å². The molecule has 1 saturated heterocycles. The van der Waals surface area contributed by atoms with Crippen LogP contribution in [0.1, 0.15) is 32.8 Å². The Bertz CT molecular complexity index is 420. The molecule has 1 aliphatic heterocycles. The van der Waals surface area contributed by atoms with Crippen LogP contribution in [-0.2, 0) is 6.54 Å². The Labute approximate surface area is 116 Å². The van der Waals surface area contributed by atoms with Gasteiger partial charge in [0.25, 0.3) is 0 Å². The highest BCUT2D eigenvalue weighted by Gasteiger charge is 2.28. The number of rotatable bonds is 3. The predicted octanol–water partition coefficient (Wildman–Crippen LogP) is 2.05. The Balaban J connectivity index is 2.15. The van der Waals surface area contributed by atoms with Crippen molar-refractivity contribution in [3.05, 3.63) is 23.9 Å². The molecule has 0 aromatic carbocycles. The highest BCUT2D eigenvalue weighted by molar-refractivity contribution is 5.25. The summed E-state index contributed by atoms with van der Waals surface area (Å²) in [6.07, 6.45) is 2.95. The highest BCUT2D eigenvalue weighted by atomic mass is 16.5. The number of aromatic nitrogens is 1. The lowest BCUT2D eigenvalue weighted by atomic mass is 10.0. The molecule has 2 rings (SSSR count). The van der Waals surface area contributed by atoms with Gasteiger partial charge in [0.15, 0.2) is 0 Å². The zero-order chi connectivity index (χ0) is 13.9. The summed E-state index contributed by atoms with van der Waals surface area (Å²) in [5, 5.41) is 3.61. The van der Waals surface area contributed by atoms with E-state index < -0.39 is 0 Å². The second-order valence-corrected chi connectivity index (χ2v) is 6.03. The lowest BCUT2D eigenvalue weighted by Gasteiger charge is -2.33. The normalized spacial score (nSPS) is 23.9. The average molecular weight is 263 g/mol. The van der Waals surface area contributed by atoms with Gasteiger partial charge >= 0.3 is 0 Å². The SMILES string of the molecule is COc1ncccc1CN1CC(C)(C)NCCC1C. The molecule has 0 aliphatic carbocycles. The molecular formula is C15H25N3O. The van der Waals surface area contributed by atoms with Gasteiger partial charge in [-0.2, -0.15) is 0 Å². The molecule has 1 aliphatic rings. The smallest absolute Gasteiger partial charge is 0.217 e. The summed E-state index contributed by atoms with van der Waals surface area (Å²) in [7, 11) is 1.68. The Morgan fingerprint density at radius 1 is 1.53 bits per heavy atom. The average Bonchev–Trinajstić information content (AvgIpc) is 2.49. The first-order valence-electron chi connectivity index (χ1n) is 6.99. The van der Waals surface area contributed by atoms with E-state index >= 15 is 0 Å². The van der Waals surface area contributed by atoms with Crippen LogP contribution in [0.4, 0.5) is 0 Å². The van der Waals surface area contributed by atoms with Crippen LogP contribution < -0.4 is 10.1 Å². The van der Waals surface area contributed by atoms with Gasteiger partial charge in [0.05, 0.1) is 7.11 Å². The summed E-state index contributed by atoms with van der Waals surface area (Å²) in [5.74, 6) is 0.740. The van der Waals surface area contributed by atoms with E-state index in [9.17, 15) is 0 Å². The van der Waals surface area contributed by atoms with Crippen molar-refractivity contribution in [1.82, 2.24) is 15.2 Å². The quantitative estimate of drug-likeness (QED) is 0.905. The maximum atomic E-state index is 5.35. The standard InChI is InChI=1S/C15H25N3O/c1-12-7-9-17-15(2,3)11-18(12)10-13-6-5-8-16-14(13)19-4/h5-6,8,12,17H,7,9-11H2,1-4H3. The molecule has 0 radical (unpaired) electrons. The summed E-state index contributed by atoms with van der Waals surface area (Å²) in [5.41, 5.74) is 1.31. The molecule has 106 valence electrons. The number of pyridine rings is 1. The minimum Gasteiger partial charge on any atom is -0.481 e. The predicted molar refractivity (Wildman–Crippen MR) is 77.4 cm³/mol. The van der Waals surface area contributed by atoms with Gasteiger partial charge in [-0.1, -0.05) is 6.07 Å². The highest BCUT2D eigenvalue weighted by Crippen LogP contribution is 2.22. The van der Waals surface area contributed by atoms with Gasteiger partial charge in [0.2, 0.25) is 5.88 Å². The van der Waals surface area contributed by atoms with Gasteiger partial charge in [0, 0.05) is 36.4 Å². The number of hydrogen-bond donors (Lipinski definition) is 1. The summed E-state index contributed by atoms with van der Waals surface area (Å²) in [6.45, 7) is 9.83. The van der Waals surface area contributed by atoms with E-state index in [1.54, 1.807) is 13.3 Å². The number of hydrogen-bond acceptors (Lipinski definition) is 4. The fourth-order valence-electron chi connectivity index (χ4n) is 2.68. The first-order chi connectivity index (χ1) is 9.02. The fourth-order valence-corrected chi connectivity index (χ4v) is 2.68. The molecule has 1 fully saturated rings. The molecule has 1 aromatic rings. The minimum atomic E-state index is 0.153. The van der Waals surface area contributed by atoms with Gasteiger partial charge in [-0.15, -0.1) is 0 Å². The number of nitrogens with one attached hydrogen (secondary N) is 1. The van der Waals surface area contributed by atoms with Crippen molar-refractivity contribution in [2.75, 3.05) is 20.2 Å². The summed E-state index contributed by atoms with van der Waals surface area (Å²) < 4.78 is 5.35. The van der Waals surface area contributed by atoms with Crippen molar-refractivity contribution in [1.29, 1.82) is 0 Å². The third-order valence-corrected chi connectivity index (χ3v) is 3.80. The molecule has 0 spiro atoms. The van der Waals surface area contributed by atoms with E-state index in [0.29, 0.717) is 6.04 Å². The first kappa shape index (κ1) is 14.3. The van der Waals surface area contributed by atoms with E-state index in [-0.39, 0.29) is 5.54 Å². The van der Waals surface area contributed by atoms with Crippen molar-refractivity contribution in [2.24, 2.45) is 0 Å². The third-order valence-electron chi connectivity index (χ3n) is 3.80. The molecular weight excluding hydrogens is 238 g/mol. The zero-order valence-electron chi connectivity index (χ0n) is 12.4. The Morgan fingerprint density at radius 2 is 2.32 bits per heavy atom. The zero-order valence-corrected chi connectivity index (χ0v) is 12.4. The molecule has 4 heteroatoms. The van der Waals surface area contributed by atoms with Crippen molar-refractivity contribution < 1.29 is 4.74 Å². The van der Waals surface area contributed by atoms with Crippen LogP contribution in [0.25, 0.3) is 0 Å². The summed E-state index contributed by atoms with van der Waals surface area (Å²) in [4.78, 5) is 6.80. The largest absolute Gasteiger partial charge is 0.481 e. The van der Waals surface area contributed by atoms with Crippen molar-refractivity contribution in [3.63, 3.8) is 0 Å². The van der Waals surface area contributed by atoms with Gasteiger partial charge in [-0.05, 0) is 39.8 Å². The molecule has 1 N–H and O–H groups in total.